The number of nitrogens with zero attached hydrogens (tertiary/aromatic N) is 3. The highest BCUT2D eigenvalue weighted by atomic mass is 19.4. The zero-order valence-electron chi connectivity index (χ0n) is 18.3. The van der Waals surface area contributed by atoms with Crippen molar-refractivity contribution in [1.29, 1.82) is 0 Å². The van der Waals surface area contributed by atoms with Gasteiger partial charge in [-0.3, -0.25) is 9.59 Å². The van der Waals surface area contributed by atoms with Crippen LogP contribution in [0.1, 0.15) is 35.3 Å². The first-order valence-corrected chi connectivity index (χ1v) is 10.5. The number of amides is 2. The number of alkyl halides is 3. The summed E-state index contributed by atoms with van der Waals surface area (Å²) in [5.74, 6) is -0.117. The molecule has 6 nitrogen and oxygen atoms in total. The molecule has 1 saturated heterocycles. The molecular formula is C23H27F3N4O2. The molecule has 2 amide bonds. The van der Waals surface area contributed by atoms with Gasteiger partial charge in [-0.15, -0.1) is 0 Å². The lowest BCUT2D eigenvalue weighted by Crippen LogP contribution is -2.56. The van der Waals surface area contributed by atoms with Crippen molar-refractivity contribution in [2.24, 2.45) is 5.92 Å². The minimum atomic E-state index is -4.43. The van der Waals surface area contributed by atoms with Gasteiger partial charge in [0.15, 0.2) is 0 Å². The molecule has 1 N–H and O–H groups in total. The smallest absolute Gasteiger partial charge is 0.353 e. The summed E-state index contributed by atoms with van der Waals surface area (Å²) in [7, 11) is 0. The number of carbonyl (C=O) groups is 2. The van der Waals surface area contributed by atoms with E-state index in [0.29, 0.717) is 37.6 Å². The van der Waals surface area contributed by atoms with Crippen molar-refractivity contribution in [3.63, 3.8) is 0 Å². The molecule has 0 radical (unpaired) electrons. The number of aromatic nitrogens is 1. The first kappa shape index (κ1) is 23.6. The Morgan fingerprint density at radius 1 is 1.03 bits per heavy atom. The van der Waals surface area contributed by atoms with E-state index in [0.717, 1.165) is 17.8 Å². The first-order chi connectivity index (χ1) is 15.1. The van der Waals surface area contributed by atoms with Crippen LogP contribution in [-0.4, -0.2) is 53.9 Å². The summed E-state index contributed by atoms with van der Waals surface area (Å²) in [6.45, 7) is 7.28. The molecule has 0 spiro atoms. The maximum absolute atomic E-state index is 13.1. The molecule has 0 aliphatic carbocycles. The van der Waals surface area contributed by atoms with Crippen LogP contribution in [0.5, 0.6) is 0 Å². The zero-order valence-corrected chi connectivity index (χ0v) is 18.3. The number of rotatable bonds is 5. The van der Waals surface area contributed by atoms with Gasteiger partial charge in [-0.2, -0.15) is 13.2 Å². The number of anilines is 1. The molecule has 2 aromatic rings. The molecule has 2 heterocycles. The Hall–Kier alpha value is -3.10. The van der Waals surface area contributed by atoms with Crippen molar-refractivity contribution in [1.82, 2.24) is 15.2 Å². The lowest BCUT2D eigenvalue weighted by molar-refractivity contribution is -0.138. The second kappa shape index (κ2) is 9.58. The predicted octanol–water partition coefficient (Wildman–Crippen LogP) is 3.51. The summed E-state index contributed by atoms with van der Waals surface area (Å²) in [4.78, 5) is 33.3. The summed E-state index contributed by atoms with van der Waals surface area (Å²) in [5, 5.41) is 2.87. The quantitative estimate of drug-likeness (QED) is 0.760. The molecule has 3 rings (SSSR count). The number of carbonyl (C=O) groups excluding carboxylic acids is 2. The summed E-state index contributed by atoms with van der Waals surface area (Å²) < 4.78 is 38.2. The monoisotopic (exact) mass is 448 g/mol. The average Bonchev–Trinajstić information content (AvgIpc) is 2.76. The number of nitrogens with one attached hydrogen (secondary N) is 1. The number of aryl methyl sites for hydroxylation is 1. The van der Waals surface area contributed by atoms with Crippen LogP contribution in [0.4, 0.5) is 19.0 Å². The fourth-order valence-corrected chi connectivity index (χ4v) is 3.65. The van der Waals surface area contributed by atoms with E-state index < -0.39 is 17.8 Å². The average molecular weight is 448 g/mol. The molecule has 32 heavy (non-hydrogen) atoms. The highest BCUT2D eigenvalue weighted by Crippen LogP contribution is 2.29. The van der Waals surface area contributed by atoms with Crippen molar-refractivity contribution < 1.29 is 22.8 Å². The van der Waals surface area contributed by atoms with Gasteiger partial charge in [0.1, 0.15) is 11.9 Å². The van der Waals surface area contributed by atoms with E-state index in [9.17, 15) is 22.8 Å². The number of halogens is 3. The molecule has 0 saturated carbocycles. The van der Waals surface area contributed by atoms with Gasteiger partial charge in [-0.25, -0.2) is 4.98 Å². The van der Waals surface area contributed by atoms with Crippen molar-refractivity contribution >= 4 is 17.6 Å². The van der Waals surface area contributed by atoms with Crippen LogP contribution < -0.4 is 10.2 Å². The highest BCUT2D eigenvalue weighted by molar-refractivity contribution is 5.98. The van der Waals surface area contributed by atoms with Gasteiger partial charge < -0.3 is 15.1 Å². The molecule has 1 aromatic heterocycles. The molecule has 1 atom stereocenters. The van der Waals surface area contributed by atoms with Gasteiger partial charge in [-0.05, 0) is 36.6 Å². The molecular weight excluding hydrogens is 421 g/mol. The molecule has 1 fully saturated rings. The highest BCUT2D eigenvalue weighted by Gasteiger charge is 2.33. The van der Waals surface area contributed by atoms with E-state index in [-0.39, 0.29) is 17.7 Å². The standard InChI is InChI=1S/C23H27F3N4O2/c1-15(2)20(28-21(31)18-7-5-4-6-16(18)3)22(32)30-12-10-29(11-13-30)19-9-8-17(14-27-19)23(24,25)26/h4-9,14-15,20H,10-13H2,1-3H3,(H,28,31). The predicted molar refractivity (Wildman–Crippen MR) is 115 cm³/mol. The molecule has 1 aliphatic heterocycles. The summed E-state index contributed by atoms with van der Waals surface area (Å²) in [6.07, 6.45) is -3.60. The number of pyridine rings is 1. The Labute approximate surface area is 185 Å². The van der Waals surface area contributed by atoms with Crippen LogP contribution >= 0.6 is 0 Å². The van der Waals surface area contributed by atoms with E-state index in [2.05, 4.69) is 10.3 Å². The van der Waals surface area contributed by atoms with E-state index >= 15 is 0 Å². The number of hydrogen-bond donors (Lipinski definition) is 1. The summed E-state index contributed by atoms with van der Waals surface area (Å²) in [6, 6.07) is 8.89. The number of piperazine rings is 1. The maximum Gasteiger partial charge on any atom is 0.417 e. The topological polar surface area (TPSA) is 65.5 Å². The minimum Gasteiger partial charge on any atom is -0.353 e. The van der Waals surface area contributed by atoms with E-state index in [4.69, 9.17) is 0 Å². The van der Waals surface area contributed by atoms with Crippen molar-refractivity contribution in [2.45, 2.75) is 33.0 Å². The number of hydrogen-bond acceptors (Lipinski definition) is 4. The van der Waals surface area contributed by atoms with Gasteiger partial charge in [0.05, 0.1) is 5.56 Å². The Balaban J connectivity index is 1.62. The Morgan fingerprint density at radius 3 is 2.22 bits per heavy atom. The Kier molecular flexibility index (Phi) is 7.06. The third-order valence-electron chi connectivity index (χ3n) is 5.60. The van der Waals surface area contributed by atoms with Gasteiger partial charge in [0.2, 0.25) is 5.91 Å². The van der Waals surface area contributed by atoms with Crippen LogP contribution in [-0.2, 0) is 11.0 Å². The second-order valence-corrected chi connectivity index (χ2v) is 8.23. The molecule has 9 heteroatoms. The lowest BCUT2D eigenvalue weighted by Gasteiger charge is -2.37. The van der Waals surface area contributed by atoms with Crippen molar-refractivity contribution in [3.05, 3.63) is 59.3 Å². The largest absolute Gasteiger partial charge is 0.417 e. The van der Waals surface area contributed by atoms with Gasteiger partial charge in [0.25, 0.3) is 5.91 Å². The van der Waals surface area contributed by atoms with Crippen LogP contribution in [0, 0.1) is 12.8 Å². The zero-order chi connectivity index (χ0) is 23.5. The lowest BCUT2D eigenvalue weighted by atomic mass is 10.0. The fraction of sp³-hybridized carbons (Fsp3) is 0.435. The Bertz CT molecular complexity index is 952. The fourth-order valence-electron chi connectivity index (χ4n) is 3.65. The molecule has 1 aliphatic rings. The van der Waals surface area contributed by atoms with Gasteiger partial charge in [-0.1, -0.05) is 32.0 Å². The van der Waals surface area contributed by atoms with E-state index in [1.165, 1.54) is 6.07 Å². The second-order valence-electron chi connectivity index (χ2n) is 8.23. The van der Waals surface area contributed by atoms with Gasteiger partial charge in [0, 0.05) is 37.9 Å². The minimum absolute atomic E-state index is 0.106. The molecule has 0 bridgehead atoms. The van der Waals surface area contributed by atoms with Crippen molar-refractivity contribution in [3.8, 4) is 0 Å². The number of benzene rings is 1. The van der Waals surface area contributed by atoms with Crippen molar-refractivity contribution in [2.75, 3.05) is 31.1 Å². The van der Waals surface area contributed by atoms with Gasteiger partial charge >= 0.3 is 6.18 Å². The molecule has 1 aromatic carbocycles. The third-order valence-corrected chi connectivity index (χ3v) is 5.60. The van der Waals surface area contributed by atoms with Crippen LogP contribution in [0.25, 0.3) is 0 Å². The van der Waals surface area contributed by atoms with Crippen LogP contribution in [0.3, 0.4) is 0 Å². The van der Waals surface area contributed by atoms with Crippen LogP contribution in [0.2, 0.25) is 0 Å². The first-order valence-electron chi connectivity index (χ1n) is 10.5. The maximum atomic E-state index is 13.1. The normalized spacial score (nSPS) is 15.6. The third kappa shape index (κ3) is 5.38. The SMILES string of the molecule is Cc1ccccc1C(=O)NC(C(=O)N1CCN(c2ccc(C(F)(F)F)cn2)CC1)C(C)C. The molecule has 172 valence electrons. The van der Waals surface area contributed by atoms with Crippen LogP contribution in [0.15, 0.2) is 42.6 Å². The van der Waals surface area contributed by atoms with E-state index in [1.807, 2.05) is 37.8 Å². The molecule has 1 unspecified atom stereocenters. The van der Waals surface area contributed by atoms with E-state index in [1.54, 1.807) is 17.0 Å². The Morgan fingerprint density at radius 2 is 1.69 bits per heavy atom. The summed E-state index contributed by atoms with van der Waals surface area (Å²) in [5.41, 5.74) is 0.570. The summed E-state index contributed by atoms with van der Waals surface area (Å²) >= 11 is 0.